The van der Waals surface area contributed by atoms with Crippen LogP contribution in [0.3, 0.4) is 0 Å². The summed E-state index contributed by atoms with van der Waals surface area (Å²) in [7, 11) is 0. The van der Waals surface area contributed by atoms with Crippen molar-refractivity contribution in [2.24, 2.45) is 5.73 Å². The van der Waals surface area contributed by atoms with Crippen LogP contribution in [0.1, 0.15) is 23.5 Å². The molecule has 2 aromatic rings. The molecule has 0 bridgehead atoms. The zero-order chi connectivity index (χ0) is 13.2. The van der Waals surface area contributed by atoms with Crippen molar-refractivity contribution in [1.29, 1.82) is 0 Å². The molecule has 1 aliphatic carbocycles. The molecule has 2 atom stereocenters. The Balaban J connectivity index is 1.68. The van der Waals surface area contributed by atoms with E-state index < -0.39 is 0 Å². The van der Waals surface area contributed by atoms with E-state index in [1.54, 1.807) is 0 Å². The summed E-state index contributed by atoms with van der Waals surface area (Å²) in [5.41, 5.74) is 8.00. The van der Waals surface area contributed by atoms with Gasteiger partial charge in [-0.05, 0) is 41.8 Å². The van der Waals surface area contributed by atoms with Crippen LogP contribution in [0.25, 0.3) is 0 Å². The van der Waals surface area contributed by atoms with Gasteiger partial charge < -0.3 is 15.6 Å². The molecule has 1 fully saturated rings. The molecule has 0 heterocycles. The van der Waals surface area contributed by atoms with Gasteiger partial charge in [-0.3, -0.25) is 0 Å². The predicted molar refractivity (Wildman–Crippen MR) is 74.2 cm³/mol. The quantitative estimate of drug-likeness (QED) is 0.883. The van der Waals surface area contributed by atoms with Gasteiger partial charge in [0.2, 0.25) is 0 Å². The third-order valence-electron chi connectivity index (χ3n) is 3.49. The topological polar surface area (TPSA) is 55.5 Å². The Morgan fingerprint density at radius 1 is 1.00 bits per heavy atom. The Morgan fingerprint density at radius 3 is 2.00 bits per heavy atom. The second-order valence-corrected chi connectivity index (χ2v) is 4.98. The molecule has 0 radical (unpaired) electrons. The number of rotatable bonds is 4. The molecule has 3 nitrogen and oxygen atoms in total. The molecule has 3 heteroatoms. The maximum Gasteiger partial charge on any atom is 0.127 e. The predicted octanol–water partition coefficient (Wildman–Crippen LogP) is 2.79. The highest BCUT2D eigenvalue weighted by Gasteiger charge is 2.34. The summed E-state index contributed by atoms with van der Waals surface area (Å²) >= 11 is 0. The Hall–Kier alpha value is -1.84. The van der Waals surface area contributed by atoms with Crippen molar-refractivity contribution in [2.75, 3.05) is 0 Å². The third-order valence-corrected chi connectivity index (χ3v) is 3.49. The summed E-state index contributed by atoms with van der Waals surface area (Å²) in [6.07, 6.45) is 1.09. The van der Waals surface area contributed by atoms with Crippen molar-refractivity contribution in [2.45, 2.75) is 25.0 Å². The number of benzene rings is 2. The molecule has 0 aliphatic heterocycles. The minimum absolute atomic E-state index is 0.0522. The third kappa shape index (κ3) is 2.78. The summed E-state index contributed by atoms with van der Waals surface area (Å²) in [6.45, 7) is 0.0522. The average Bonchev–Trinajstić information content (AvgIpc) is 3.18. The molecule has 0 saturated heterocycles. The van der Waals surface area contributed by atoms with Crippen LogP contribution in [-0.2, 0) is 6.61 Å². The van der Waals surface area contributed by atoms with Crippen LogP contribution in [0.15, 0.2) is 48.5 Å². The maximum absolute atomic E-state index is 8.98. The lowest BCUT2D eigenvalue weighted by atomic mass is 10.1. The molecule has 2 unspecified atom stereocenters. The van der Waals surface area contributed by atoms with Gasteiger partial charge in [0.25, 0.3) is 0 Å². The zero-order valence-corrected chi connectivity index (χ0v) is 10.6. The molecular formula is C16H17NO2. The van der Waals surface area contributed by atoms with Crippen LogP contribution in [0.5, 0.6) is 11.5 Å². The van der Waals surface area contributed by atoms with Gasteiger partial charge in [-0.15, -0.1) is 0 Å². The van der Waals surface area contributed by atoms with Crippen LogP contribution >= 0.6 is 0 Å². The highest BCUT2D eigenvalue weighted by molar-refractivity contribution is 5.37. The summed E-state index contributed by atoms with van der Waals surface area (Å²) in [5, 5.41) is 8.98. The lowest BCUT2D eigenvalue weighted by Crippen LogP contribution is -2.00. The van der Waals surface area contributed by atoms with E-state index in [2.05, 4.69) is 12.1 Å². The van der Waals surface area contributed by atoms with Crippen molar-refractivity contribution < 1.29 is 9.84 Å². The number of hydrogen-bond acceptors (Lipinski definition) is 3. The number of hydrogen-bond donors (Lipinski definition) is 2. The van der Waals surface area contributed by atoms with E-state index >= 15 is 0 Å². The molecule has 0 spiro atoms. The first-order chi connectivity index (χ1) is 9.26. The summed E-state index contributed by atoms with van der Waals surface area (Å²) in [4.78, 5) is 0. The molecule has 19 heavy (non-hydrogen) atoms. The first-order valence-corrected chi connectivity index (χ1v) is 6.49. The second-order valence-electron chi connectivity index (χ2n) is 4.98. The fourth-order valence-corrected chi connectivity index (χ4v) is 2.18. The standard InChI is InChI=1S/C16H17NO2/c17-16-9-15(16)12-3-7-14(8-4-12)19-13-5-1-11(10-18)2-6-13/h1-8,15-16,18H,9-10,17H2. The van der Waals surface area contributed by atoms with Gasteiger partial charge in [0.05, 0.1) is 6.61 Å². The van der Waals surface area contributed by atoms with E-state index in [0.29, 0.717) is 12.0 Å². The van der Waals surface area contributed by atoms with Crippen molar-refractivity contribution in [3.05, 3.63) is 59.7 Å². The van der Waals surface area contributed by atoms with Crippen LogP contribution in [-0.4, -0.2) is 11.1 Å². The van der Waals surface area contributed by atoms with Crippen molar-refractivity contribution in [1.82, 2.24) is 0 Å². The van der Waals surface area contributed by atoms with Crippen LogP contribution in [0, 0.1) is 0 Å². The van der Waals surface area contributed by atoms with Crippen molar-refractivity contribution in [3.8, 4) is 11.5 Å². The van der Waals surface area contributed by atoms with E-state index in [4.69, 9.17) is 15.6 Å². The number of ether oxygens (including phenoxy) is 1. The van der Waals surface area contributed by atoms with Crippen molar-refractivity contribution in [3.63, 3.8) is 0 Å². The summed E-state index contributed by atoms with van der Waals surface area (Å²) in [5.74, 6) is 2.11. The minimum atomic E-state index is 0.0522. The van der Waals surface area contributed by atoms with E-state index in [-0.39, 0.29) is 6.61 Å². The monoisotopic (exact) mass is 255 g/mol. The Bertz CT molecular complexity index is 548. The Labute approximate surface area is 112 Å². The molecule has 0 amide bonds. The van der Waals surface area contributed by atoms with Gasteiger partial charge in [0, 0.05) is 12.0 Å². The molecule has 0 aromatic heterocycles. The number of aliphatic hydroxyl groups excluding tert-OH is 1. The molecule has 3 N–H and O–H groups in total. The largest absolute Gasteiger partial charge is 0.457 e. The summed E-state index contributed by atoms with van der Waals surface area (Å²) in [6, 6.07) is 15.9. The normalized spacial score (nSPS) is 21.2. The molecular weight excluding hydrogens is 238 g/mol. The fraction of sp³-hybridized carbons (Fsp3) is 0.250. The van der Waals surface area contributed by atoms with Gasteiger partial charge in [0.1, 0.15) is 11.5 Å². The molecule has 1 aliphatic rings. The summed E-state index contributed by atoms with van der Waals surface area (Å²) < 4.78 is 5.75. The van der Waals surface area contributed by atoms with Gasteiger partial charge in [0.15, 0.2) is 0 Å². The smallest absolute Gasteiger partial charge is 0.127 e. The lowest BCUT2D eigenvalue weighted by molar-refractivity contribution is 0.281. The Kier molecular flexibility index (Phi) is 3.23. The SMILES string of the molecule is NC1CC1c1ccc(Oc2ccc(CO)cc2)cc1. The highest BCUT2D eigenvalue weighted by atomic mass is 16.5. The van der Waals surface area contributed by atoms with Gasteiger partial charge in [-0.25, -0.2) is 0 Å². The van der Waals surface area contributed by atoms with Gasteiger partial charge in [-0.2, -0.15) is 0 Å². The zero-order valence-electron chi connectivity index (χ0n) is 10.6. The van der Waals surface area contributed by atoms with E-state index in [1.807, 2.05) is 36.4 Å². The molecule has 3 rings (SSSR count). The lowest BCUT2D eigenvalue weighted by Gasteiger charge is -2.07. The fourth-order valence-electron chi connectivity index (χ4n) is 2.18. The maximum atomic E-state index is 8.98. The number of aliphatic hydroxyl groups is 1. The van der Waals surface area contributed by atoms with Gasteiger partial charge in [-0.1, -0.05) is 24.3 Å². The first-order valence-electron chi connectivity index (χ1n) is 6.49. The molecule has 1 saturated carbocycles. The van der Waals surface area contributed by atoms with Crippen LogP contribution in [0.2, 0.25) is 0 Å². The minimum Gasteiger partial charge on any atom is -0.457 e. The number of nitrogens with two attached hydrogens (primary N) is 1. The van der Waals surface area contributed by atoms with Gasteiger partial charge >= 0.3 is 0 Å². The van der Waals surface area contributed by atoms with Crippen LogP contribution < -0.4 is 10.5 Å². The highest BCUT2D eigenvalue weighted by Crippen LogP contribution is 2.39. The van der Waals surface area contributed by atoms with Crippen LogP contribution in [0.4, 0.5) is 0 Å². The Morgan fingerprint density at radius 2 is 1.53 bits per heavy atom. The molecule has 2 aromatic carbocycles. The van der Waals surface area contributed by atoms with E-state index in [1.165, 1.54) is 5.56 Å². The van der Waals surface area contributed by atoms with E-state index in [9.17, 15) is 0 Å². The molecule has 98 valence electrons. The second kappa shape index (κ2) is 5.03. The van der Waals surface area contributed by atoms with E-state index in [0.717, 1.165) is 23.5 Å². The van der Waals surface area contributed by atoms with Crippen molar-refractivity contribution >= 4 is 0 Å². The first kappa shape index (κ1) is 12.2. The average molecular weight is 255 g/mol.